The third-order valence-electron chi connectivity index (χ3n) is 4.24. The number of aromatic nitrogens is 3. The molecule has 1 heterocycles. The second-order valence-corrected chi connectivity index (χ2v) is 8.61. The Hall–Kier alpha value is -3.73. The van der Waals surface area contributed by atoms with E-state index < -0.39 is 15.9 Å². The van der Waals surface area contributed by atoms with E-state index in [-0.39, 0.29) is 23.7 Å². The number of amides is 2. The third-order valence-corrected chi connectivity index (χ3v) is 4.83. The average Bonchev–Trinajstić information content (AvgIpc) is 3.20. The molecule has 0 aliphatic heterocycles. The molecule has 0 saturated carbocycles. The molecule has 0 fully saturated rings. The van der Waals surface area contributed by atoms with Gasteiger partial charge in [0.05, 0.1) is 24.1 Å². The van der Waals surface area contributed by atoms with Crippen molar-refractivity contribution in [1.82, 2.24) is 20.1 Å². The van der Waals surface area contributed by atoms with Gasteiger partial charge in [-0.1, -0.05) is 24.3 Å². The van der Waals surface area contributed by atoms with Crippen molar-refractivity contribution in [3.8, 4) is 0 Å². The summed E-state index contributed by atoms with van der Waals surface area (Å²) in [7, 11) is -3.60. The van der Waals surface area contributed by atoms with Crippen molar-refractivity contribution in [2.24, 2.45) is 0 Å². The van der Waals surface area contributed by atoms with Gasteiger partial charge in [-0.2, -0.15) is 5.10 Å². The lowest BCUT2D eigenvalue weighted by atomic mass is 10.1. The molecule has 1 aromatic heterocycles. The molecular weight excluding hydrogens is 420 g/mol. The molecule has 11 heteroatoms. The molecule has 162 valence electrons. The summed E-state index contributed by atoms with van der Waals surface area (Å²) in [6, 6.07) is 11.9. The van der Waals surface area contributed by atoms with E-state index in [0.717, 1.165) is 17.4 Å². The van der Waals surface area contributed by atoms with Gasteiger partial charge in [0.2, 0.25) is 15.9 Å². The Balaban J connectivity index is 1.82. The quantitative estimate of drug-likeness (QED) is 0.485. The molecule has 3 aromatic rings. The number of benzene rings is 2. The van der Waals surface area contributed by atoms with Crippen LogP contribution in [0.3, 0.4) is 0 Å². The number of nitrogens with zero attached hydrogens (tertiary/aromatic N) is 3. The maximum absolute atomic E-state index is 12.9. The van der Waals surface area contributed by atoms with Crippen molar-refractivity contribution in [1.29, 1.82) is 0 Å². The minimum absolute atomic E-state index is 0.0884. The second-order valence-electron chi connectivity index (χ2n) is 6.86. The topological polar surface area (TPSA) is 135 Å². The molecule has 0 unspecified atom stereocenters. The van der Waals surface area contributed by atoms with E-state index in [2.05, 4.69) is 25.4 Å². The highest BCUT2D eigenvalue weighted by molar-refractivity contribution is 7.92. The van der Waals surface area contributed by atoms with E-state index >= 15 is 0 Å². The Morgan fingerprint density at radius 1 is 1.10 bits per heavy atom. The Kier molecular flexibility index (Phi) is 6.65. The number of carbonyl (C=O) groups excluding carboxylic acids is 2. The predicted octanol–water partition coefficient (Wildman–Crippen LogP) is 1.59. The standard InChI is InChI=1S/C20H22N6O4S/c1-14(27)24-17-7-8-19(25-31(2,29)30)18(9-17)20(28)22-10-15-5-3-4-6-16(15)11-26-13-21-12-23-26/h3-9,12-13,25H,10-11H2,1-2H3,(H,22,28)(H,24,27). The average molecular weight is 443 g/mol. The fraction of sp³-hybridized carbons (Fsp3) is 0.200. The third kappa shape index (κ3) is 6.37. The number of hydrogen-bond acceptors (Lipinski definition) is 6. The minimum Gasteiger partial charge on any atom is -0.348 e. The summed E-state index contributed by atoms with van der Waals surface area (Å²) in [5.41, 5.74) is 2.41. The first-order valence-electron chi connectivity index (χ1n) is 9.28. The first kappa shape index (κ1) is 22.0. The van der Waals surface area contributed by atoms with Crippen LogP contribution in [0.25, 0.3) is 0 Å². The monoisotopic (exact) mass is 442 g/mol. The zero-order valence-corrected chi connectivity index (χ0v) is 17.8. The Bertz CT molecular complexity index is 1190. The molecule has 0 atom stereocenters. The van der Waals surface area contributed by atoms with Gasteiger partial charge in [-0.25, -0.2) is 18.1 Å². The van der Waals surface area contributed by atoms with Crippen LogP contribution >= 0.6 is 0 Å². The van der Waals surface area contributed by atoms with Gasteiger partial charge in [0.25, 0.3) is 5.91 Å². The molecule has 0 bridgehead atoms. The smallest absolute Gasteiger partial charge is 0.253 e. The molecule has 0 aliphatic rings. The van der Waals surface area contributed by atoms with Gasteiger partial charge in [0.15, 0.2) is 0 Å². The Morgan fingerprint density at radius 2 is 1.84 bits per heavy atom. The van der Waals surface area contributed by atoms with Crippen LogP contribution in [0, 0.1) is 0 Å². The summed E-state index contributed by atoms with van der Waals surface area (Å²) in [4.78, 5) is 28.2. The van der Waals surface area contributed by atoms with E-state index in [1.54, 1.807) is 11.0 Å². The highest BCUT2D eigenvalue weighted by Crippen LogP contribution is 2.22. The van der Waals surface area contributed by atoms with E-state index in [0.29, 0.717) is 12.2 Å². The van der Waals surface area contributed by atoms with Crippen LogP contribution in [0.1, 0.15) is 28.4 Å². The Labute approximate surface area is 179 Å². The van der Waals surface area contributed by atoms with Crippen LogP contribution in [0.2, 0.25) is 0 Å². The lowest BCUT2D eigenvalue weighted by Crippen LogP contribution is -2.25. The zero-order chi connectivity index (χ0) is 22.4. The van der Waals surface area contributed by atoms with Crippen LogP contribution < -0.4 is 15.4 Å². The molecule has 3 N–H and O–H groups in total. The number of nitrogens with one attached hydrogen (secondary N) is 3. The van der Waals surface area contributed by atoms with Crippen LogP contribution in [-0.2, 0) is 27.9 Å². The van der Waals surface area contributed by atoms with E-state index in [1.165, 1.54) is 31.5 Å². The number of anilines is 2. The van der Waals surface area contributed by atoms with Gasteiger partial charge < -0.3 is 10.6 Å². The van der Waals surface area contributed by atoms with Gasteiger partial charge in [-0.3, -0.25) is 14.3 Å². The largest absolute Gasteiger partial charge is 0.348 e. The normalized spacial score (nSPS) is 11.0. The summed E-state index contributed by atoms with van der Waals surface area (Å²) in [5.74, 6) is -0.800. The fourth-order valence-electron chi connectivity index (χ4n) is 2.95. The van der Waals surface area contributed by atoms with Crippen molar-refractivity contribution in [2.75, 3.05) is 16.3 Å². The van der Waals surface area contributed by atoms with Crippen LogP contribution in [-0.4, -0.2) is 41.3 Å². The van der Waals surface area contributed by atoms with Crippen molar-refractivity contribution < 1.29 is 18.0 Å². The number of rotatable bonds is 8. The molecule has 0 radical (unpaired) electrons. The number of carbonyl (C=O) groups is 2. The molecule has 3 rings (SSSR count). The first-order chi connectivity index (χ1) is 14.7. The lowest BCUT2D eigenvalue weighted by molar-refractivity contribution is -0.114. The first-order valence-corrected chi connectivity index (χ1v) is 11.2. The zero-order valence-electron chi connectivity index (χ0n) is 17.0. The van der Waals surface area contributed by atoms with E-state index in [9.17, 15) is 18.0 Å². The van der Waals surface area contributed by atoms with Gasteiger partial charge >= 0.3 is 0 Å². The van der Waals surface area contributed by atoms with Gasteiger partial charge in [-0.15, -0.1) is 0 Å². The molecular formula is C20H22N6O4S. The molecule has 31 heavy (non-hydrogen) atoms. The van der Waals surface area contributed by atoms with Gasteiger partial charge in [-0.05, 0) is 29.3 Å². The Morgan fingerprint density at radius 3 is 2.48 bits per heavy atom. The second kappa shape index (κ2) is 9.39. The van der Waals surface area contributed by atoms with E-state index in [4.69, 9.17) is 0 Å². The maximum atomic E-state index is 12.9. The SMILES string of the molecule is CC(=O)Nc1ccc(NS(C)(=O)=O)c(C(=O)NCc2ccccc2Cn2cncn2)c1. The van der Waals surface area contributed by atoms with E-state index in [1.807, 2.05) is 24.3 Å². The highest BCUT2D eigenvalue weighted by atomic mass is 32.2. The van der Waals surface area contributed by atoms with Crippen LogP contribution in [0.5, 0.6) is 0 Å². The number of hydrogen-bond donors (Lipinski definition) is 3. The molecule has 2 amide bonds. The molecule has 10 nitrogen and oxygen atoms in total. The number of sulfonamides is 1. The summed E-state index contributed by atoms with van der Waals surface area (Å²) in [6.07, 6.45) is 4.05. The van der Waals surface area contributed by atoms with Crippen molar-refractivity contribution in [2.45, 2.75) is 20.0 Å². The summed E-state index contributed by atoms with van der Waals surface area (Å²) in [5, 5.41) is 9.49. The molecule has 0 saturated heterocycles. The molecule has 0 aliphatic carbocycles. The lowest BCUT2D eigenvalue weighted by Gasteiger charge is -2.14. The van der Waals surface area contributed by atoms with Crippen LogP contribution in [0.15, 0.2) is 55.1 Å². The van der Waals surface area contributed by atoms with Crippen molar-refractivity contribution in [3.05, 3.63) is 71.8 Å². The summed E-state index contributed by atoms with van der Waals surface area (Å²) >= 11 is 0. The maximum Gasteiger partial charge on any atom is 0.253 e. The van der Waals surface area contributed by atoms with Crippen molar-refractivity contribution in [3.63, 3.8) is 0 Å². The highest BCUT2D eigenvalue weighted by Gasteiger charge is 2.16. The molecule has 2 aromatic carbocycles. The summed E-state index contributed by atoms with van der Waals surface area (Å²) in [6.45, 7) is 2.05. The van der Waals surface area contributed by atoms with Crippen molar-refractivity contribution >= 4 is 33.2 Å². The minimum atomic E-state index is -3.60. The predicted molar refractivity (Wildman–Crippen MR) is 116 cm³/mol. The fourth-order valence-corrected chi connectivity index (χ4v) is 3.52. The van der Waals surface area contributed by atoms with Crippen LogP contribution in [0.4, 0.5) is 11.4 Å². The van der Waals surface area contributed by atoms with Gasteiger partial charge in [0.1, 0.15) is 12.7 Å². The molecule has 0 spiro atoms. The summed E-state index contributed by atoms with van der Waals surface area (Å²) < 4.78 is 27.4. The van der Waals surface area contributed by atoms with Gasteiger partial charge in [0, 0.05) is 19.2 Å².